The van der Waals surface area contributed by atoms with E-state index in [0.717, 1.165) is 11.1 Å². The lowest BCUT2D eigenvalue weighted by atomic mass is 10.2. The molecule has 0 bridgehead atoms. The van der Waals surface area contributed by atoms with Gasteiger partial charge in [0, 0.05) is 0 Å². The summed E-state index contributed by atoms with van der Waals surface area (Å²) in [5.41, 5.74) is 1.80. The van der Waals surface area contributed by atoms with Gasteiger partial charge in [0.15, 0.2) is 29.6 Å². The van der Waals surface area contributed by atoms with Crippen LogP contribution in [0.2, 0.25) is 0 Å². The number of ether oxygens (including phenoxy) is 5. The molecule has 6 heteroatoms. The van der Waals surface area contributed by atoms with E-state index in [1.165, 1.54) is 0 Å². The van der Waals surface area contributed by atoms with Gasteiger partial charge in [0.2, 0.25) is 6.79 Å². The quantitative estimate of drug-likeness (QED) is 0.707. The zero-order chi connectivity index (χ0) is 18.4. The number of methoxy groups -OCH3 is 1. The molecular formula is C20H20O6. The highest BCUT2D eigenvalue weighted by molar-refractivity contribution is 5.71. The third kappa shape index (κ3) is 4.27. The number of hydrogen-bond donors (Lipinski definition) is 0. The number of benzene rings is 2. The summed E-state index contributed by atoms with van der Waals surface area (Å²) in [5, 5.41) is 0. The molecule has 0 saturated heterocycles. The summed E-state index contributed by atoms with van der Waals surface area (Å²) in [6.07, 6.45) is 3.88. The van der Waals surface area contributed by atoms with Crippen LogP contribution >= 0.6 is 0 Å². The van der Waals surface area contributed by atoms with E-state index in [1.807, 2.05) is 37.3 Å². The van der Waals surface area contributed by atoms with Gasteiger partial charge in [-0.2, -0.15) is 0 Å². The molecule has 0 saturated carbocycles. The Hall–Kier alpha value is -3.15. The van der Waals surface area contributed by atoms with E-state index < -0.39 is 5.97 Å². The summed E-state index contributed by atoms with van der Waals surface area (Å²) >= 11 is 0. The van der Waals surface area contributed by atoms with E-state index in [9.17, 15) is 4.79 Å². The average molecular weight is 356 g/mol. The van der Waals surface area contributed by atoms with Gasteiger partial charge in [-0.3, -0.25) is 0 Å². The fraction of sp³-hybridized carbons (Fsp3) is 0.250. The van der Waals surface area contributed by atoms with Crippen LogP contribution in [0.1, 0.15) is 18.1 Å². The predicted molar refractivity (Wildman–Crippen MR) is 95.6 cm³/mol. The molecule has 0 aromatic heterocycles. The highest BCUT2D eigenvalue weighted by Gasteiger charge is 2.14. The molecule has 1 heterocycles. The maximum Gasteiger partial charge on any atom is 0.344 e. The number of fused-ring (bicyclic) bond motifs is 1. The highest BCUT2D eigenvalue weighted by atomic mass is 16.7. The number of rotatable bonds is 7. The molecule has 0 unspecified atom stereocenters. The van der Waals surface area contributed by atoms with Gasteiger partial charge in [-0.1, -0.05) is 24.3 Å². The van der Waals surface area contributed by atoms with E-state index in [0.29, 0.717) is 23.0 Å². The second kappa shape index (κ2) is 8.29. The zero-order valence-corrected chi connectivity index (χ0v) is 14.7. The Balaban J connectivity index is 1.52. The van der Waals surface area contributed by atoms with Crippen molar-refractivity contribution in [1.82, 2.24) is 0 Å². The molecule has 26 heavy (non-hydrogen) atoms. The van der Waals surface area contributed by atoms with E-state index >= 15 is 0 Å². The Morgan fingerprint density at radius 1 is 1.12 bits per heavy atom. The lowest BCUT2D eigenvalue weighted by Crippen LogP contribution is -2.15. The number of esters is 1. The molecule has 0 spiro atoms. The van der Waals surface area contributed by atoms with Crippen molar-refractivity contribution < 1.29 is 28.5 Å². The molecule has 2 aromatic carbocycles. The first-order chi connectivity index (χ1) is 12.7. The van der Waals surface area contributed by atoms with E-state index in [4.69, 9.17) is 23.7 Å². The van der Waals surface area contributed by atoms with Crippen molar-refractivity contribution in [3.63, 3.8) is 0 Å². The van der Waals surface area contributed by atoms with E-state index in [-0.39, 0.29) is 20.0 Å². The number of carbonyl (C=O) groups is 1. The van der Waals surface area contributed by atoms with Crippen LogP contribution in [-0.4, -0.2) is 26.5 Å². The molecule has 0 atom stereocenters. The third-order valence-electron chi connectivity index (χ3n) is 3.73. The topological polar surface area (TPSA) is 63.2 Å². The minimum atomic E-state index is -0.470. The first kappa shape index (κ1) is 17.7. The average Bonchev–Trinajstić information content (AvgIpc) is 3.13. The minimum absolute atomic E-state index is 0.135. The van der Waals surface area contributed by atoms with Gasteiger partial charge in [-0.15, -0.1) is 0 Å². The summed E-state index contributed by atoms with van der Waals surface area (Å²) in [7, 11) is 1.56. The van der Waals surface area contributed by atoms with Crippen LogP contribution in [0, 0.1) is 0 Å². The fourth-order valence-corrected chi connectivity index (χ4v) is 2.47. The van der Waals surface area contributed by atoms with Crippen molar-refractivity contribution in [2.45, 2.75) is 13.5 Å². The SMILES string of the molecule is C/C=C/c1ccc(OCC(=O)OCc2ccc3c(c2)OCO3)c(OC)c1. The summed E-state index contributed by atoms with van der Waals surface area (Å²) in [4.78, 5) is 11.9. The van der Waals surface area contributed by atoms with Gasteiger partial charge in [0.25, 0.3) is 0 Å². The van der Waals surface area contributed by atoms with Crippen molar-refractivity contribution >= 4 is 12.0 Å². The first-order valence-electron chi connectivity index (χ1n) is 8.17. The highest BCUT2D eigenvalue weighted by Crippen LogP contribution is 2.32. The fourth-order valence-electron chi connectivity index (χ4n) is 2.47. The molecule has 1 aliphatic heterocycles. The smallest absolute Gasteiger partial charge is 0.344 e. The Labute approximate surface area is 151 Å². The van der Waals surface area contributed by atoms with Crippen LogP contribution in [0.3, 0.4) is 0 Å². The van der Waals surface area contributed by atoms with Crippen LogP contribution in [0.15, 0.2) is 42.5 Å². The lowest BCUT2D eigenvalue weighted by molar-refractivity contribution is -0.147. The van der Waals surface area contributed by atoms with Crippen molar-refractivity contribution in [2.75, 3.05) is 20.5 Å². The van der Waals surface area contributed by atoms with Crippen LogP contribution in [0.25, 0.3) is 6.08 Å². The van der Waals surface area contributed by atoms with Gasteiger partial charge < -0.3 is 23.7 Å². The van der Waals surface area contributed by atoms with Crippen LogP contribution in [0.4, 0.5) is 0 Å². The predicted octanol–water partition coefficient (Wildman–Crippen LogP) is 3.58. The molecule has 0 fully saturated rings. The Bertz CT molecular complexity index is 812. The molecular weight excluding hydrogens is 336 g/mol. The molecule has 6 nitrogen and oxygen atoms in total. The van der Waals surface area contributed by atoms with E-state index in [1.54, 1.807) is 25.3 Å². The first-order valence-corrected chi connectivity index (χ1v) is 8.17. The molecule has 0 amide bonds. The molecule has 136 valence electrons. The van der Waals surface area contributed by atoms with Crippen molar-refractivity contribution in [3.8, 4) is 23.0 Å². The van der Waals surface area contributed by atoms with Gasteiger partial charge in [-0.25, -0.2) is 4.79 Å². The van der Waals surface area contributed by atoms with Gasteiger partial charge in [0.1, 0.15) is 6.61 Å². The summed E-state index contributed by atoms with van der Waals surface area (Å²) in [5.74, 6) is 1.92. The largest absolute Gasteiger partial charge is 0.493 e. The lowest BCUT2D eigenvalue weighted by Gasteiger charge is -2.11. The third-order valence-corrected chi connectivity index (χ3v) is 3.73. The Morgan fingerprint density at radius 2 is 1.96 bits per heavy atom. The Morgan fingerprint density at radius 3 is 2.77 bits per heavy atom. The van der Waals surface area contributed by atoms with Crippen molar-refractivity contribution in [3.05, 3.63) is 53.6 Å². The summed E-state index contributed by atoms with van der Waals surface area (Å²) in [6.45, 7) is 2.08. The van der Waals surface area contributed by atoms with E-state index in [2.05, 4.69) is 0 Å². The molecule has 0 radical (unpaired) electrons. The van der Waals surface area contributed by atoms with Gasteiger partial charge in [-0.05, 0) is 42.3 Å². The second-order valence-electron chi connectivity index (χ2n) is 5.55. The maximum absolute atomic E-state index is 11.9. The number of hydrogen-bond acceptors (Lipinski definition) is 6. The van der Waals surface area contributed by atoms with Gasteiger partial charge in [0.05, 0.1) is 7.11 Å². The molecule has 1 aliphatic rings. The number of carbonyl (C=O) groups excluding carboxylic acids is 1. The monoisotopic (exact) mass is 356 g/mol. The normalized spacial score (nSPS) is 12.2. The second-order valence-corrected chi connectivity index (χ2v) is 5.55. The van der Waals surface area contributed by atoms with Gasteiger partial charge >= 0.3 is 5.97 Å². The molecule has 0 N–H and O–H groups in total. The Kier molecular flexibility index (Phi) is 5.63. The maximum atomic E-state index is 11.9. The zero-order valence-electron chi connectivity index (χ0n) is 14.7. The standard InChI is InChI=1S/C20H20O6/c1-3-4-14-5-7-16(18(9-14)22-2)23-12-20(21)24-11-15-6-8-17-19(10-15)26-13-25-17/h3-10H,11-13H2,1-2H3/b4-3+. The molecule has 2 aromatic rings. The van der Waals surface area contributed by atoms with Crippen LogP contribution in [-0.2, 0) is 16.1 Å². The van der Waals surface area contributed by atoms with Crippen LogP contribution < -0.4 is 18.9 Å². The van der Waals surface area contributed by atoms with Crippen molar-refractivity contribution in [1.29, 1.82) is 0 Å². The van der Waals surface area contributed by atoms with Crippen molar-refractivity contribution in [2.24, 2.45) is 0 Å². The molecule has 3 rings (SSSR count). The van der Waals surface area contributed by atoms with Crippen LogP contribution in [0.5, 0.6) is 23.0 Å². The summed E-state index contributed by atoms with van der Waals surface area (Å²) in [6, 6.07) is 10.9. The summed E-state index contributed by atoms with van der Waals surface area (Å²) < 4.78 is 26.6. The minimum Gasteiger partial charge on any atom is -0.493 e. The number of allylic oxidation sites excluding steroid dienone is 1. The molecule has 0 aliphatic carbocycles.